The van der Waals surface area contributed by atoms with Crippen LogP contribution in [0.2, 0.25) is 0 Å². The van der Waals surface area contributed by atoms with Crippen molar-refractivity contribution in [1.82, 2.24) is 20.0 Å². The molecule has 3 aliphatic heterocycles. The van der Waals surface area contributed by atoms with Crippen LogP contribution in [0.5, 0.6) is 0 Å². The minimum Gasteiger partial charge on any atom is -0.370 e. The maximum atomic E-state index is 12.6. The van der Waals surface area contributed by atoms with Crippen molar-refractivity contribution in [3.8, 4) is 0 Å². The maximum Gasteiger partial charge on any atom is 0.223 e. The van der Waals surface area contributed by atoms with E-state index in [1.54, 1.807) is 0 Å². The summed E-state index contributed by atoms with van der Waals surface area (Å²) in [6.45, 7) is 15.7. The van der Waals surface area contributed by atoms with E-state index >= 15 is 0 Å². The number of rotatable bonds is 7. The van der Waals surface area contributed by atoms with E-state index < -0.39 is 0 Å². The first kappa shape index (κ1) is 22.5. The van der Waals surface area contributed by atoms with E-state index in [0.29, 0.717) is 19.0 Å². The molecule has 1 unspecified atom stereocenters. The zero-order chi connectivity index (χ0) is 21.0. The van der Waals surface area contributed by atoms with Crippen LogP contribution in [0.1, 0.15) is 53.4 Å². The fraction of sp³-hybridized carbons (Fsp3) is 0.909. The number of carbonyl (C=O) groups is 2. The average Bonchev–Trinajstić information content (AvgIpc) is 2.69. The molecular formula is C22H40N4O3. The van der Waals surface area contributed by atoms with E-state index in [9.17, 15) is 9.59 Å². The molecule has 166 valence electrons. The van der Waals surface area contributed by atoms with Crippen molar-refractivity contribution in [2.75, 3.05) is 52.4 Å². The predicted molar refractivity (Wildman–Crippen MR) is 114 cm³/mol. The van der Waals surface area contributed by atoms with Gasteiger partial charge in [-0.15, -0.1) is 0 Å². The van der Waals surface area contributed by atoms with Gasteiger partial charge in [0.15, 0.2) is 0 Å². The number of hydrogen-bond donors (Lipinski definition) is 1. The minimum absolute atomic E-state index is 0.0115. The second kappa shape index (κ2) is 9.75. The van der Waals surface area contributed by atoms with Crippen LogP contribution in [-0.2, 0) is 14.3 Å². The highest BCUT2D eigenvalue weighted by Crippen LogP contribution is 2.41. The summed E-state index contributed by atoms with van der Waals surface area (Å²) in [5.74, 6) is 0.379. The van der Waals surface area contributed by atoms with Gasteiger partial charge in [0, 0.05) is 77.2 Å². The summed E-state index contributed by atoms with van der Waals surface area (Å²) in [5.41, 5.74) is -0.0584. The van der Waals surface area contributed by atoms with Crippen molar-refractivity contribution in [2.24, 2.45) is 5.92 Å². The van der Waals surface area contributed by atoms with Gasteiger partial charge >= 0.3 is 0 Å². The van der Waals surface area contributed by atoms with Gasteiger partial charge < -0.3 is 19.9 Å². The molecule has 0 aromatic heterocycles. The van der Waals surface area contributed by atoms with Crippen LogP contribution in [0, 0.1) is 5.92 Å². The van der Waals surface area contributed by atoms with Gasteiger partial charge in [-0.2, -0.15) is 0 Å². The average molecular weight is 409 g/mol. The lowest BCUT2D eigenvalue weighted by Crippen LogP contribution is -2.59. The lowest BCUT2D eigenvalue weighted by atomic mass is 9.80. The van der Waals surface area contributed by atoms with Crippen molar-refractivity contribution < 1.29 is 14.3 Å². The van der Waals surface area contributed by atoms with Gasteiger partial charge in [-0.3, -0.25) is 14.5 Å². The van der Waals surface area contributed by atoms with Crippen LogP contribution in [-0.4, -0.2) is 96.6 Å². The number of piperazine rings is 1. The molecule has 0 saturated carbocycles. The van der Waals surface area contributed by atoms with Gasteiger partial charge in [0.1, 0.15) is 0 Å². The summed E-state index contributed by atoms with van der Waals surface area (Å²) >= 11 is 0. The minimum atomic E-state index is -0.0584. The highest BCUT2D eigenvalue weighted by atomic mass is 16.5. The molecule has 3 heterocycles. The number of nitrogens with one attached hydrogen (secondary N) is 1. The van der Waals surface area contributed by atoms with E-state index in [2.05, 4.69) is 29.0 Å². The van der Waals surface area contributed by atoms with Crippen molar-refractivity contribution in [1.29, 1.82) is 0 Å². The molecule has 3 saturated heterocycles. The van der Waals surface area contributed by atoms with E-state index in [1.807, 2.05) is 18.7 Å². The molecule has 0 bridgehead atoms. The Hall–Kier alpha value is -1.18. The predicted octanol–water partition coefficient (Wildman–Crippen LogP) is 1.32. The van der Waals surface area contributed by atoms with Gasteiger partial charge in [0.25, 0.3) is 0 Å². The molecule has 1 atom stereocenters. The molecule has 1 N–H and O–H groups in total. The Kier molecular flexibility index (Phi) is 7.57. The third-order valence-corrected chi connectivity index (χ3v) is 6.85. The molecule has 3 rings (SSSR count). The fourth-order valence-electron chi connectivity index (χ4n) is 4.69. The summed E-state index contributed by atoms with van der Waals surface area (Å²) < 4.78 is 6.14. The number of piperidine rings is 1. The van der Waals surface area contributed by atoms with Crippen molar-refractivity contribution in [3.05, 3.63) is 0 Å². The third kappa shape index (κ3) is 5.92. The molecule has 1 spiro atoms. The molecule has 0 radical (unpaired) electrons. The quantitative estimate of drug-likeness (QED) is 0.688. The number of amides is 2. The van der Waals surface area contributed by atoms with Gasteiger partial charge in [-0.05, 0) is 26.7 Å². The Morgan fingerprint density at radius 3 is 2.21 bits per heavy atom. The summed E-state index contributed by atoms with van der Waals surface area (Å²) in [4.78, 5) is 31.3. The lowest BCUT2D eigenvalue weighted by molar-refractivity contribution is -0.222. The van der Waals surface area contributed by atoms with Gasteiger partial charge in [0.05, 0.1) is 11.7 Å². The molecule has 2 amide bonds. The van der Waals surface area contributed by atoms with Crippen LogP contribution in [0.15, 0.2) is 0 Å². The lowest BCUT2D eigenvalue weighted by Gasteiger charge is -2.52. The third-order valence-electron chi connectivity index (χ3n) is 6.85. The Morgan fingerprint density at radius 2 is 1.66 bits per heavy atom. The monoisotopic (exact) mass is 408 g/mol. The standard InChI is InChI=1S/C22H40N4O3/c1-17(2)21(28)23-16-19-15-22(29-19)6-9-26(10-7-22)20(27)5-8-24-11-13-25(14-12-24)18(3)4/h17-19H,5-16H2,1-4H3,(H,23,28). The molecule has 0 aliphatic carbocycles. The largest absolute Gasteiger partial charge is 0.370 e. The molecule has 3 fully saturated rings. The van der Waals surface area contributed by atoms with E-state index in [-0.39, 0.29) is 29.4 Å². The van der Waals surface area contributed by atoms with Gasteiger partial charge in [-0.25, -0.2) is 0 Å². The number of ether oxygens (including phenoxy) is 1. The molecule has 3 aliphatic rings. The topological polar surface area (TPSA) is 65.1 Å². The number of nitrogens with zero attached hydrogens (tertiary/aromatic N) is 3. The van der Waals surface area contributed by atoms with E-state index in [4.69, 9.17) is 4.74 Å². The molecule has 29 heavy (non-hydrogen) atoms. The SMILES string of the molecule is CC(C)C(=O)NCC1CC2(CCN(C(=O)CCN3CCN(C(C)C)CC3)CC2)O1. The first-order chi connectivity index (χ1) is 13.8. The number of hydrogen-bond acceptors (Lipinski definition) is 5. The Labute approximate surface area is 176 Å². The Balaban J connectivity index is 1.30. The Bertz CT molecular complexity index is 556. The summed E-state index contributed by atoms with van der Waals surface area (Å²) in [5, 5.41) is 2.95. The van der Waals surface area contributed by atoms with Crippen LogP contribution < -0.4 is 5.32 Å². The number of likely N-dealkylation sites (tertiary alicyclic amines) is 1. The van der Waals surface area contributed by atoms with Crippen LogP contribution in [0.4, 0.5) is 0 Å². The molecule has 0 aromatic carbocycles. The smallest absolute Gasteiger partial charge is 0.223 e. The number of carbonyl (C=O) groups excluding carboxylic acids is 2. The molecular weight excluding hydrogens is 368 g/mol. The summed E-state index contributed by atoms with van der Waals surface area (Å²) in [7, 11) is 0. The Morgan fingerprint density at radius 1 is 1.03 bits per heavy atom. The summed E-state index contributed by atoms with van der Waals surface area (Å²) in [6, 6.07) is 0.610. The van der Waals surface area contributed by atoms with Gasteiger partial charge in [-0.1, -0.05) is 13.8 Å². The second-order valence-electron chi connectivity index (χ2n) is 9.63. The first-order valence-corrected chi connectivity index (χ1v) is 11.5. The van der Waals surface area contributed by atoms with E-state index in [0.717, 1.165) is 65.1 Å². The van der Waals surface area contributed by atoms with Crippen LogP contribution in [0.25, 0.3) is 0 Å². The van der Waals surface area contributed by atoms with Gasteiger partial charge in [0.2, 0.25) is 11.8 Å². The zero-order valence-corrected chi connectivity index (χ0v) is 18.8. The first-order valence-electron chi connectivity index (χ1n) is 11.5. The molecule has 7 nitrogen and oxygen atoms in total. The fourth-order valence-corrected chi connectivity index (χ4v) is 4.69. The maximum absolute atomic E-state index is 12.6. The van der Waals surface area contributed by atoms with Crippen molar-refractivity contribution in [3.63, 3.8) is 0 Å². The highest BCUT2D eigenvalue weighted by molar-refractivity contribution is 5.77. The van der Waals surface area contributed by atoms with Crippen LogP contribution in [0.3, 0.4) is 0 Å². The zero-order valence-electron chi connectivity index (χ0n) is 18.8. The highest BCUT2D eigenvalue weighted by Gasteiger charge is 2.47. The van der Waals surface area contributed by atoms with Crippen molar-refractivity contribution >= 4 is 11.8 Å². The van der Waals surface area contributed by atoms with Crippen LogP contribution >= 0.6 is 0 Å². The van der Waals surface area contributed by atoms with Crippen molar-refractivity contribution in [2.45, 2.75) is 71.1 Å². The second-order valence-corrected chi connectivity index (χ2v) is 9.63. The molecule has 0 aromatic rings. The molecule has 7 heteroatoms. The normalized spacial score (nSPS) is 25.4. The summed E-state index contributed by atoms with van der Waals surface area (Å²) in [6.07, 6.45) is 3.58. The van der Waals surface area contributed by atoms with E-state index in [1.165, 1.54) is 0 Å².